The summed E-state index contributed by atoms with van der Waals surface area (Å²) in [5, 5.41) is 17.9. The molecule has 0 aromatic carbocycles. The van der Waals surface area contributed by atoms with Crippen molar-refractivity contribution in [2.24, 2.45) is 0 Å². The topological polar surface area (TPSA) is 118 Å². The number of aliphatic carboxylic acids is 2. The SMILES string of the molecule is Cl.Cl.O=C(O)CN1CCOCCOCCN(CC(=O)O)CCOCCOCC1. The third kappa shape index (κ3) is 17.4. The summed E-state index contributed by atoms with van der Waals surface area (Å²) in [6, 6.07) is 0. The maximum atomic E-state index is 10.9. The molecule has 0 amide bonds. The predicted octanol–water partition coefficient (Wildman–Crippen LogP) is -0.317. The van der Waals surface area contributed by atoms with Gasteiger partial charge in [0.05, 0.1) is 65.9 Å². The lowest BCUT2D eigenvalue weighted by Crippen LogP contribution is -2.36. The molecule has 0 atom stereocenters. The van der Waals surface area contributed by atoms with Gasteiger partial charge in [-0.2, -0.15) is 0 Å². The number of ether oxygens (including phenoxy) is 4. The summed E-state index contributed by atoms with van der Waals surface area (Å²) in [5.74, 6) is -1.77. The molecule has 1 aliphatic rings. The molecule has 1 rings (SSSR count). The van der Waals surface area contributed by atoms with Gasteiger partial charge in [-0.1, -0.05) is 0 Å². The van der Waals surface area contributed by atoms with Crippen molar-refractivity contribution in [3.8, 4) is 0 Å². The Morgan fingerprint density at radius 1 is 0.571 bits per heavy atom. The van der Waals surface area contributed by atoms with E-state index in [2.05, 4.69) is 0 Å². The number of carbonyl (C=O) groups is 2. The van der Waals surface area contributed by atoms with Gasteiger partial charge in [-0.15, -0.1) is 24.8 Å². The molecule has 0 aromatic heterocycles. The van der Waals surface area contributed by atoms with E-state index in [4.69, 9.17) is 29.2 Å². The number of nitrogens with zero attached hydrogens (tertiary/aromatic N) is 2. The first kappa shape index (κ1) is 29.5. The van der Waals surface area contributed by atoms with Crippen LogP contribution in [0, 0.1) is 0 Å². The molecule has 12 heteroatoms. The van der Waals surface area contributed by atoms with Crippen LogP contribution in [0.15, 0.2) is 0 Å². The lowest BCUT2D eigenvalue weighted by molar-refractivity contribution is -0.140. The van der Waals surface area contributed by atoms with E-state index in [-0.39, 0.29) is 37.9 Å². The summed E-state index contributed by atoms with van der Waals surface area (Å²) in [5.41, 5.74) is 0. The van der Waals surface area contributed by atoms with E-state index in [0.29, 0.717) is 79.0 Å². The Labute approximate surface area is 177 Å². The third-order valence-electron chi connectivity index (χ3n) is 3.67. The number of carboxylic acids is 2. The summed E-state index contributed by atoms with van der Waals surface area (Å²) >= 11 is 0. The second-order valence-electron chi connectivity index (χ2n) is 5.79. The van der Waals surface area contributed by atoms with E-state index >= 15 is 0 Å². The van der Waals surface area contributed by atoms with Crippen LogP contribution in [-0.2, 0) is 28.5 Å². The minimum Gasteiger partial charge on any atom is -0.480 e. The van der Waals surface area contributed by atoms with Gasteiger partial charge >= 0.3 is 11.9 Å². The van der Waals surface area contributed by atoms with Gasteiger partial charge in [0.25, 0.3) is 0 Å². The Kier molecular flexibility index (Phi) is 20.6. The molecular weight excluding hydrogens is 419 g/mol. The lowest BCUT2D eigenvalue weighted by atomic mass is 10.4. The van der Waals surface area contributed by atoms with Crippen molar-refractivity contribution in [2.75, 3.05) is 92.1 Å². The highest BCUT2D eigenvalue weighted by molar-refractivity contribution is 5.85. The molecule has 1 aliphatic heterocycles. The molecule has 168 valence electrons. The van der Waals surface area contributed by atoms with E-state index in [9.17, 15) is 9.59 Å². The Morgan fingerprint density at radius 2 is 0.821 bits per heavy atom. The molecule has 28 heavy (non-hydrogen) atoms. The van der Waals surface area contributed by atoms with Gasteiger partial charge in [-0.25, -0.2) is 0 Å². The van der Waals surface area contributed by atoms with Crippen LogP contribution in [-0.4, -0.2) is 124 Å². The van der Waals surface area contributed by atoms with Crippen LogP contribution < -0.4 is 0 Å². The second kappa shape index (κ2) is 19.6. The average Bonchev–Trinajstić information content (AvgIpc) is 2.57. The average molecular weight is 451 g/mol. The highest BCUT2D eigenvalue weighted by Gasteiger charge is 2.11. The van der Waals surface area contributed by atoms with Crippen LogP contribution in [0.5, 0.6) is 0 Å². The largest absolute Gasteiger partial charge is 0.480 e. The predicted molar refractivity (Wildman–Crippen MR) is 106 cm³/mol. The molecule has 0 radical (unpaired) electrons. The van der Waals surface area contributed by atoms with Crippen molar-refractivity contribution in [3.63, 3.8) is 0 Å². The highest BCUT2D eigenvalue weighted by Crippen LogP contribution is 1.94. The first-order valence-corrected chi connectivity index (χ1v) is 8.77. The fourth-order valence-electron chi connectivity index (χ4n) is 2.34. The zero-order valence-electron chi connectivity index (χ0n) is 16.0. The van der Waals surface area contributed by atoms with Crippen molar-refractivity contribution in [1.29, 1.82) is 0 Å². The molecular formula is C16H32Cl2N2O8. The molecule has 0 saturated carbocycles. The molecule has 1 fully saturated rings. The van der Waals surface area contributed by atoms with Gasteiger partial charge < -0.3 is 29.2 Å². The molecule has 0 aromatic rings. The highest BCUT2D eigenvalue weighted by atomic mass is 35.5. The van der Waals surface area contributed by atoms with E-state index in [1.54, 1.807) is 9.80 Å². The summed E-state index contributed by atoms with van der Waals surface area (Å²) in [7, 11) is 0. The van der Waals surface area contributed by atoms with Crippen molar-refractivity contribution in [1.82, 2.24) is 9.80 Å². The second-order valence-corrected chi connectivity index (χ2v) is 5.79. The van der Waals surface area contributed by atoms with Crippen LogP contribution in [0.2, 0.25) is 0 Å². The summed E-state index contributed by atoms with van der Waals surface area (Å²) in [4.78, 5) is 25.3. The van der Waals surface area contributed by atoms with Crippen LogP contribution in [0.25, 0.3) is 0 Å². The number of hydrogen-bond donors (Lipinski definition) is 2. The molecule has 0 spiro atoms. The smallest absolute Gasteiger partial charge is 0.317 e. The Balaban J connectivity index is 0. The van der Waals surface area contributed by atoms with Gasteiger partial charge in [-0.3, -0.25) is 19.4 Å². The summed E-state index contributed by atoms with van der Waals surface area (Å²) in [6.07, 6.45) is 0. The third-order valence-corrected chi connectivity index (χ3v) is 3.67. The molecule has 1 saturated heterocycles. The fourth-order valence-corrected chi connectivity index (χ4v) is 2.34. The zero-order valence-corrected chi connectivity index (χ0v) is 17.6. The molecule has 0 unspecified atom stereocenters. The Hall–Kier alpha value is -0.720. The van der Waals surface area contributed by atoms with Gasteiger partial charge in [-0.05, 0) is 0 Å². The Bertz CT molecular complexity index is 351. The maximum Gasteiger partial charge on any atom is 0.317 e. The minimum atomic E-state index is -0.885. The lowest BCUT2D eigenvalue weighted by Gasteiger charge is -2.21. The van der Waals surface area contributed by atoms with Crippen LogP contribution in [0.3, 0.4) is 0 Å². The van der Waals surface area contributed by atoms with Gasteiger partial charge in [0.1, 0.15) is 0 Å². The van der Waals surface area contributed by atoms with Crippen molar-refractivity contribution >= 4 is 36.8 Å². The number of halogens is 2. The number of hydrogen-bond acceptors (Lipinski definition) is 8. The molecule has 0 aliphatic carbocycles. The van der Waals surface area contributed by atoms with Crippen molar-refractivity contribution < 1.29 is 38.7 Å². The standard InChI is InChI=1S/C16H30N2O8.2ClH/c19-15(20)13-17-1-5-23-9-10-25-7-3-18(14-16(21)22)4-8-26-12-11-24-6-2-17;;/h1-14H2,(H,19,20)(H,21,22);2*1H. The molecule has 1 heterocycles. The number of rotatable bonds is 4. The fraction of sp³-hybridized carbons (Fsp3) is 0.875. The minimum absolute atomic E-state index is 0. The first-order chi connectivity index (χ1) is 12.6. The first-order valence-electron chi connectivity index (χ1n) is 8.77. The van der Waals surface area contributed by atoms with Crippen LogP contribution in [0.4, 0.5) is 0 Å². The Morgan fingerprint density at radius 3 is 1.04 bits per heavy atom. The van der Waals surface area contributed by atoms with Crippen molar-refractivity contribution in [3.05, 3.63) is 0 Å². The van der Waals surface area contributed by atoms with E-state index in [1.165, 1.54) is 0 Å². The van der Waals surface area contributed by atoms with Gasteiger partial charge in [0.15, 0.2) is 0 Å². The number of carboxylic acid groups (broad SMARTS) is 2. The summed E-state index contributed by atoms with van der Waals surface area (Å²) < 4.78 is 21.8. The quantitative estimate of drug-likeness (QED) is 0.589. The van der Waals surface area contributed by atoms with E-state index in [1.807, 2.05) is 0 Å². The monoisotopic (exact) mass is 450 g/mol. The van der Waals surface area contributed by atoms with E-state index in [0.717, 1.165) is 0 Å². The van der Waals surface area contributed by atoms with Crippen LogP contribution >= 0.6 is 24.8 Å². The summed E-state index contributed by atoms with van der Waals surface area (Å²) in [6.45, 7) is 5.12. The van der Waals surface area contributed by atoms with Gasteiger partial charge in [0, 0.05) is 26.2 Å². The normalized spacial score (nSPS) is 20.0. The van der Waals surface area contributed by atoms with E-state index < -0.39 is 11.9 Å². The zero-order chi connectivity index (χ0) is 19.0. The molecule has 2 N–H and O–H groups in total. The molecule has 10 nitrogen and oxygen atoms in total. The van der Waals surface area contributed by atoms with Crippen LogP contribution in [0.1, 0.15) is 0 Å². The van der Waals surface area contributed by atoms with Crippen molar-refractivity contribution in [2.45, 2.75) is 0 Å². The van der Waals surface area contributed by atoms with Gasteiger partial charge in [0.2, 0.25) is 0 Å². The maximum absolute atomic E-state index is 10.9. The molecule has 0 bridgehead atoms.